The van der Waals surface area contributed by atoms with Crippen molar-refractivity contribution in [3.05, 3.63) is 0 Å². The molecule has 3 unspecified atom stereocenters. The summed E-state index contributed by atoms with van der Waals surface area (Å²) in [5.41, 5.74) is 0. The average molecular weight is 211 g/mol. The Bertz CT molecular complexity index is 155. The van der Waals surface area contributed by atoms with E-state index in [-0.39, 0.29) is 0 Å². The summed E-state index contributed by atoms with van der Waals surface area (Å²) < 4.78 is 0. The molecule has 0 spiro atoms. The van der Waals surface area contributed by atoms with Gasteiger partial charge in [-0.15, -0.1) is 0 Å². The fourth-order valence-corrected chi connectivity index (χ4v) is 2.89. The molecule has 90 valence electrons. The predicted octanol–water partition coefficient (Wildman–Crippen LogP) is 3.98. The normalized spacial score (nSPS) is 29.8. The van der Waals surface area contributed by atoms with Crippen molar-refractivity contribution in [3.63, 3.8) is 0 Å². The van der Waals surface area contributed by atoms with Crippen LogP contribution in [0.2, 0.25) is 0 Å². The SMILES string of the molecule is CCCNC(CC)C1CCCC(C)CC1. The number of hydrogen-bond acceptors (Lipinski definition) is 1. The van der Waals surface area contributed by atoms with Crippen molar-refractivity contribution >= 4 is 0 Å². The second kappa shape index (κ2) is 7.27. The molecule has 0 aromatic carbocycles. The Morgan fingerprint density at radius 1 is 1.13 bits per heavy atom. The molecule has 1 rings (SSSR count). The average Bonchev–Trinajstić information content (AvgIpc) is 2.45. The standard InChI is InChI=1S/C14H29N/c1-4-11-15-14(5-2)13-8-6-7-12(3)9-10-13/h12-15H,4-11H2,1-3H3. The zero-order chi connectivity index (χ0) is 11.1. The highest BCUT2D eigenvalue weighted by molar-refractivity contribution is 4.78. The highest BCUT2D eigenvalue weighted by Crippen LogP contribution is 2.29. The lowest BCUT2D eigenvalue weighted by atomic mass is 9.90. The Hall–Kier alpha value is -0.0400. The molecule has 0 bridgehead atoms. The van der Waals surface area contributed by atoms with E-state index in [1.54, 1.807) is 0 Å². The van der Waals surface area contributed by atoms with Gasteiger partial charge in [-0.2, -0.15) is 0 Å². The van der Waals surface area contributed by atoms with Gasteiger partial charge in [-0.1, -0.05) is 40.0 Å². The first-order chi connectivity index (χ1) is 7.27. The summed E-state index contributed by atoms with van der Waals surface area (Å²) in [4.78, 5) is 0. The van der Waals surface area contributed by atoms with E-state index in [9.17, 15) is 0 Å². The summed E-state index contributed by atoms with van der Waals surface area (Å²) >= 11 is 0. The molecule has 3 atom stereocenters. The van der Waals surface area contributed by atoms with Gasteiger partial charge in [0.25, 0.3) is 0 Å². The molecule has 1 nitrogen and oxygen atoms in total. The van der Waals surface area contributed by atoms with Crippen molar-refractivity contribution in [1.29, 1.82) is 0 Å². The van der Waals surface area contributed by atoms with E-state index in [1.165, 1.54) is 51.5 Å². The maximum absolute atomic E-state index is 3.73. The van der Waals surface area contributed by atoms with Crippen molar-refractivity contribution in [2.45, 2.75) is 71.8 Å². The maximum atomic E-state index is 3.73. The van der Waals surface area contributed by atoms with Crippen molar-refractivity contribution in [1.82, 2.24) is 5.32 Å². The molecule has 1 fully saturated rings. The molecule has 0 heterocycles. The van der Waals surface area contributed by atoms with E-state index in [0.717, 1.165) is 17.9 Å². The molecule has 0 radical (unpaired) electrons. The van der Waals surface area contributed by atoms with Crippen molar-refractivity contribution in [3.8, 4) is 0 Å². The lowest BCUT2D eigenvalue weighted by molar-refractivity contribution is 0.309. The Morgan fingerprint density at radius 2 is 1.93 bits per heavy atom. The quantitative estimate of drug-likeness (QED) is 0.678. The fourth-order valence-electron chi connectivity index (χ4n) is 2.89. The third-order valence-electron chi connectivity index (χ3n) is 3.97. The van der Waals surface area contributed by atoms with Crippen molar-refractivity contribution in [2.75, 3.05) is 6.54 Å². The van der Waals surface area contributed by atoms with Gasteiger partial charge >= 0.3 is 0 Å². The van der Waals surface area contributed by atoms with Gasteiger partial charge in [-0.3, -0.25) is 0 Å². The molecule has 1 N–H and O–H groups in total. The Labute approximate surface area is 96.0 Å². The summed E-state index contributed by atoms with van der Waals surface area (Å²) in [6, 6.07) is 0.787. The van der Waals surface area contributed by atoms with Crippen LogP contribution in [-0.2, 0) is 0 Å². The highest BCUT2D eigenvalue weighted by atomic mass is 14.9. The number of nitrogens with one attached hydrogen (secondary N) is 1. The summed E-state index contributed by atoms with van der Waals surface area (Å²) in [5.74, 6) is 1.92. The van der Waals surface area contributed by atoms with Gasteiger partial charge in [-0.05, 0) is 44.1 Å². The van der Waals surface area contributed by atoms with E-state index >= 15 is 0 Å². The van der Waals surface area contributed by atoms with E-state index in [0.29, 0.717) is 0 Å². The molecule has 0 aromatic heterocycles. The molecule has 1 aliphatic carbocycles. The van der Waals surface area contributed by atoms with Crippen LogP contribution in [-0.4, -0.2) is 12.6 Å². The van der Waals surface area contributed by atoms with E-state index < -0.39 is 0 Å². The van der Waals surface area contributed by atoms with Crippen LogP contribution < -0.4 is 5.32 Å². The van der Waals surface area contributed by atoms with Gasteiger partial charge in [0.2, 0.25) is 0 Å². The minimum absolute atomic E-state index is 0.787. The Morgan fingerprint density at radius 3 is 2.60 bits per heavy atom. The van der Waals surface area contributed by atoms with E-state index in [2.05, 4.69) is 26.1 Å². The summed E-state index contributed by atoms with van der Waals surface area (Å²) in [7, 11) is 0. The second-order valence-corrected chi connectivity index (χ2v) is 5.34. The molecule has 15 heavy (non-hydrogen) atoms. The largest absolute Gasteiger partial charge is 0.314 e. The van der Waals surface area contributed by atoms with Crippen molar-refractivity contribution in [2.24, 2.45) is 11.8 Å². The van der Waals surface area contributed by atoms with Crippen LogP contribution in [0.1, 0.15) is 65.7 Å². The minimum atomic E-state index is 0.787. The van der Waals surface area contributed by atoms with E-state index in [1.807, 2.05) is 0 Å². The lowest BCUT2D eigenvalue weighted by Gasteiger charge is -2.26. The minimum Gasteiger partial charge on any atom is -0.314 e. The Balaban J connectivity index is 2.37. The van der Waals surface area contributed by atoms with Gasteiger partial charge in [-0.25, -0.2) is 0 Å². The zero-order valence-electron chi connectivity index (χ0n) is 10.9. The highest BCUT2D eigenvalue weighted by Gasteiger charge is 2.22. The summed E-state index contributed by atoms with van der Waals surface area (Å²) in [6.45, 7) is 8.21. The van der Waals surface area contributed by atoms with Gasteiger partial charge in [0, 0.05) is 6.04 Å². The topological polar surface area (TPSA) is 12.0 Å². The van der Waals surface area contributed by atoms with Crippen LogP contribution in [0.25, 0.3) is 0 Å². The molecule has 1 heteroatoms. The molecule has 0 aliphatic heterocycles. The summed E-state index contributed by atoms with van der Waals surface area (Å²) in [5, 5.41) is 3.73. The van der Waals surface area contributed by atoms with E-state index in [4.69, 9.17) is 0 Å². The first-order valence-corrected chi connectivity index (χ1v) is 7.01. The van der Waals surface area contributed by atoms with Crippen LogP contribution in [0, 0.1) is 11.8 Å². The molecular weight excluding hydrogens is 182 g/mol. The monoisotopic (exact) mass is 211 g/mol. The summed E-state index contributed by atoms with van der Waals surface area (Å²) in [6.07, 6.45) is 9.85. The lowest BCUT2D eigenvalue weighted by Crippen LogP contribution is -2.36. The van der Waals surface area contributed by atoms with Crippen LogP contribution >= 0.6 is 0 Å². The van der Waals surface area contributed by atoms with Crippen molar-refractivity contribution < 1.29 is 0 Å². The van der Waals surface area contributed by atoms with Gasteiger partial charge in [0.1, 0.15) is 0 Å². The first-order valence-electron chi connectivity index (χ1n) is 7.01. The third kappa shape index (κ3) is 4.55. The zero-order valence-corrected chi connectivity index (χ0v) is 10.9. The van der Waals surface area contributed by atoms with Crippen LogP contribution in [0.5, 0.6) is 0 Å². The third-order valence-corrected chi connectivity index (χ3v) is 3.97. The van der Waals surface area contributed by atoms with Gasteiger partial charge in [0.05, 0.1) is 0 Å². The number of rotatable bonds is 5. The molecular formula is C14H29N. The molecule has 1 aliphatic rings. The molecule has 1 saturated carbocycles. The maximum Gasteiger partial charge on any atom is 0.00926 e. The first kappa shape index (κ1) is 13.0. The van der Waals surface area contributed by atoms with Crippen LogP contribution in [0.4, 0.5) is 0 Å². The fraction of sp³-hybridized carbons (Fsp3) is 1.00. The molecule has 0 amide bonds. The van der Waals surface area contributed by atoms with Crippen LogP contribution in [0.3, 0.4) is 0 Å². The Kier molecular flexibility index (Phi) is 6.31. The van der Waals surface area contributed by atoms with Gasteiger partial charge in [0.15, 0.2) is 0 Å². The molecule has 0 aromatic rings. The van der Waals surface area contributed by atoms with Gasteiger partial charge < -0.3 is 5.32 Å². The smallest absolute Gasteiger partial charge is 0.00926 e. The van der Waals surface area contributed by atoms with Crippen LogP contribution in [0.15, 0.2) is 0 Å². The predicted molar refractivity (Wildman–Crippen MR) is 68.1 cm³/mol. The molecule has 0 saturated heterocycles. The second-order valence-electron chi connectivity index (χ2n) is 5.34. The number of hydrogen-bond donors (Lipinski definition) is 1.